The van der Waals surface area contributed by atoms with Crippen molar-refractivity contribution in [3.05, 3.63) is 0 Å². The monoisotopic (exact) mass is 506 g/mol. The van der Waals surface area contributed by atoms with Gasteiger partial charge in [-0.3, -0.25) is 0 Å². The van der Waals surface area contributed by atoms with Gasteiger partial charge >= 0.3 is 136 Å². The molecule has 1 aliphatic carbocycles. The van der Waals surface area contributed by atoms with E-state index in [-0.39, 0.29) is 35.2 Å². The molecular formula is C23H39IO4. The molecule has 3 fully saturated rings. The molecule has 0 N–H and O–H groups in total. The molecule has 5 atom stereocenters. The van der Waals surface area contributed by atoms with E-state index in [1.54, 1.807) is 0 Å². The number of epoxide rings is 1. The van der Waals surface area contributed by atoms with Crippen LogP contribution < -0.4 is 0 Å². The summed E-state index contributed by atoms with van der Waals surface area (Å²) in [5.41, 5.74) is 0.00440. The molecule has 5 unspecified atom stereocenters. The number of hydrogen-bond donors (Lipinski definition) is 0. The molecule has 0 amide bonds. The Hall–Kier alpha value is -0.0100. The van der Waals surface area contributed by atoms with Gasteiger partial charge in [0.25, 0.3) is 0 Å². The van der Waals surface area contributed by atoms with Crippen LogP contribution in [0.2, 0.25) is 0 Å². The number of fused-ring (bicyclic) bond motifs is 1. The Kier molecular flexibility index (Phi) is 7.29. The van der Waals surface area contributed by atoms with E-state index < -0.39 is 19.8 Å². The second-order valence-corrected chi connectivity index (χ2v) is 17.2. The van der Waals surface area contributed by atoms with Gasteiger partial charge in [-0.05, 0) is 26.2 Å². The first-order chi connectivity index (χ1) is 13.1. The van der Waals surface area contributed by atoms with Crippen LogP contribution in [0.5, 0.6) is 0 Å². The van der Waals surface area contributed by atoms with Crippen LogP contribution in [0.4, 0.5) is 0 Å². The van der Waals surface area contributed by atoms with Crippen LogP contribution in [0.1, 0.15) is 72.6 Å². The van der Waals surface area contributed by atoms with Crippen molar-refractivity contribution in [3.63, 3.8) is 0 Å². The van der Waals surface area contributed by atoms with Gasteiger partial charge in [0.1, 0.15) is 0 Å². The SMILES string of the molecule is CC1CC(C(=O)COCC(C)(C)CCC(=O)C2CCC3(C)OC3C2)CCI1C. The average Bonchev–Trinajstić information content (AvgIpc) is 3.32. The zero-order chi connectivity index (χ0) is 20.5. The minimum absolute atomic E-state index is 0.0721. The fourth-order valence-corrected chi connectivity index (χ4v) is 8.95. The summed E-state index contributed by atoms with van der Waals surface area (Å²) in [6.07, 6.45) is 6.80. The van der Waals surface area contributed by atoms with Crippen molar-refractivity contribution in [1.82, 2.24) is 0 Å². The second kappa shape index (κ2) is 9.01. The molecule has 2 heterocycles. The zero-order valence-electron chi connectivity index (χ0n) is 18.4. The minimum atomic E-state index is -0.762. The number of rotatable bonds is 9. The number of carbonyl (C=O) groups excluding carboxylic acids is 2. The van der Waals surface area contributed by atoms with E-state index in [9.17, 15) is 9.59 Å². The molecule has 4 nitrogen and oxygen atoms in total. The van der Waals surface area contributed by atoms with Gasteiger partial charge in [0.05, 0.1) is 11.7 Å². The van der Waals surface area contributed by atoms with Gasteiger partial charge in [0.2, 0.25) is 0 Å². The molecule has 162 valence electrons. The molecule has 0 radical (unpaired) electrons. The predicted octanol–water partition coefficient (Wildman–Crippen LogP) is 4.84. The summed E-state index contributed by atoms with van der Waals surface area (Å²) in [6, 6.07) is 0. The maximum atomic E-state index is 12.6. The van der Waals surface area contributed by atoms with E-state index >= 15 is 0 Å². The number of alkyl halides is 3. The number of ether oxygens (including phenoxy) is 2. The molecule has 5 heteroatoms. The first-order valence-corrected chi connectivity index (χ1v) is 15.9. The number of halogens is 1. The maximum absolute atomic E-state index is 12.6. The molecule has 2 saturated heterocycles. The number of ketones is 2. The molecule has 0 aromatic rings. The van der Waals surface area contributed by atoms with E-state index in [1.165, 1.54) is 4.43 Å². The Balaban J connectivity index is 1.33. The van der Waals surface area contributed by atoms with Gasteiger partial charge in [-0.25, -0.2) is 0 Å². The van der Waals surface area contributed by atoms with Gasteiger partial charge < -0.3 is 4.74 Å². The first-order valence-electron chi connectivity index (χ1n) is 10.9. The number of carbonyl (C=O) groups is 2. The molecule has 0 aromatic carbocycles. The Morgan fingerprint density at radius 3 is 2.57 bits per heavy atom. The molecule has 3 aliphatic rings. The van der Waals surface area contributed by atoms with Crippen LogP contribution in [0.25, 0.3) is 0 Å². The van der Waals surface area contributed by atoms with E-state index in [0.717, 1.165) is 42.4 Å². The summed E-state index contributed by atoms with van der Waals surface area (Å²) >= 11 is -0.762. The van der Waals surface area contributed by atoms with Gasteiger partial charge in [-0.15, -0.1) is 0 Å². The second-order valence-electron chi connectivity index (χ2n) is 10.3. The van der Waals surface area contributed by atoms with Crippen molar-refractivity contribution in [2.24, 2.45) is 17.3 Å². The van der Waals surface area contributed by atoms with Crippen LogP contribution in [0.3, 0.4) is 0 Å². The fourth-order valence-electron chi connectivity index (χ4n) is 4.67. The summed E-state index contributed by atoms with van der Waals surface area (Å²) in [6.45, 7) is 9.57. The third-order valence-electron chi connectivity index (χ3n) is 7.22. The van der Waals surface area contributed by atoms with Crippen molar-refractivity contribution in [2.45, 2.75) is 88.3 Å². The van der Waals surface area contributed by atoms with Crippen molar-refractivity contribution >= 4 is 31.4 Å². The number of Topliss-reactive ketones (excluding diaryl/α,β-unsaturated/α-hetero) is 2. The third-order valence-corrected chi connectivity index (χ3v) is 13.7. The van der Waals surface area contributed by atoms with Crippen LogP contribution in [-0.4, -0.2) is 49.8 Å². The summed E-state index contributed by atoms with van der Waals surface area (Å²) in [5.74, 6) is 1.07. The normalized spacial score (nSPS) is 36.7. The molecule has 1 saturated carbocycles. The number of hydrogen-bond acceptors (Lipinski definition) is 4. The van der Waals surface area contributed by atoms with Crippen molar-refractivity contribution in [1.29, 1.82) is 0 Å². The fraction of sp³-hybridized carbons (Fsp3) is 0.913. The van der Waals surface area contributed by atoms with E-state index in [2.05, 4.69) is 32.6 Å². The summed E-state index contributed by atoms with van der Waals surface area (Å²) in [5, 5.41) is 0. The average molecular weight is 506 g/mol. The van der Waals surface area contributed by atoms with Gasteiger partial charge in [-0.1, -0.05) is 0 Å². The summed E-state index contributed by atoms with van der Waals surface area (Å²) in [7, 11) is 0. The molecule has 0 aromatic heterocycles. The quantitative estimate of drug-likeness (QED) is 0.255. The van der Waals surface area contributed by atoms with Crippen molar-refractivity contribution in [2.75, 3.05) is 22.6 Å². The van der Waals surface area contributed by atoms with Gasteiger partial charge in [-0.2, -0.15) is 0 Å². The molecule has 0 spiro atoms. The molecule has 2 aliphatic heterocycles. The zero-order valence-corrected chi connectivity index (χ0v) is 20.5. The standard InChI is InChI=1S/C23H39IO4/c1-16-12-18(8-11-24(16)5)20(26)14-27-15-22(2,3)9-7-19(25)17-6-10-23(4)21(13-17)28-23/h16-18,21H,6-15H2,1-5H3. The molecule has 3 rings (SSSR count). The van der Waals surface area contributed by atoms with E-state index in [4.69, 9.17) is 9.47 Å². The molecular weight excluding hydrogens is 467 g/mol. The Bertz CT molecular complexity index is 589. The van der Waals surface area contributed by atoms with Crippen LogP contribution in [0, 0.1) is 17.3 Å². The Morgan fingerprint density at radius 2 is 1.89 bits per heavy atom. The van der Waals surface area contributed by atoms with Crippen LogP contribution in [0.15, 0.2) is 0 Å². The van der Waals surface area contributed by atoms with Crippen LogP contribution in [-0.2, 0) is 19.1 Å². The third kappa shape index (κ3) is 5.78. The topological polar surface area (TPSA) is 55.9 Å². The summed E-state index contributed by atoms with van der Waals surface area (Å²) in [4.78, 5) is 27.6. The predicted molar refractivity (Wildman–Crippen MR) is 121 cm³/mol. The molecule has 0 bridgehead atoms. The van der Waals surface area contributed by atoms with Crippen LogP contribution >= 0.6 is 19.8 Å². The van der Waals surface area contributed by atoms with E-state index in [1.807, 2.05) is 0 Å². The Labute approximate surface area is 178 Å². The molecule has 28 heavy (non-hydrogen) atoms. The Morgan fingerprint density at radius 1 is 1.18 bits per heavy atom. The van der Waals surface area contributed by atoms with E-state index in [0.29, 0.717) is 24.9 Å². The van der Waals surface area contributed by atoms with Gasteiger partial charge in [0.15, 0.2) is 0 Å². The van der Waals surface area contributed by atoms with Crippen molar-refractivity contribution < 1.29 is 19.1 Å². The van der Waals surface area contributed by atoms with Gasteiger partial charge in [0, 0.05) is 0 Å². The first kappa shape index (κ1) is 22.7. The summed E-state index contributed by atoms with van der Waals surface area (Å²) < 4.78 is 13.6. The van der Waals surface area contributed by atoms with Crippen molar-refractivity contribution in [3.8, 4) is 0 Å².